The number of sulfonamides is 1. The molecule has 0 unspecified atom stereocenters. The van der Waals surface area contributed by atoms with Gasteiger partial charge in [0, 0.05) is 0 Å². The molecule has 1 aliphatic heterocycles. The Morgan fingerprint density at radius 1 is 1.10 bits per heavy atom. The Hall–Kier alpha value is -2.81. The SMILES string of the molecule is C[C@H](NC(=O)[C@@H](C)N(c1cccc(F)c1)S(C)(=O)=O)c1ccc2c(c1)OCCO2. The number of carbonyl (C=O) groups is 1. The second kappa shape index (κ2) is 8.28. The summed E-state index contributed by atoms with van der Waals surface area (Å²) in [5.41, 5.74) is 0.869. The molecule has 2 aromatic rings. The zero-order chi connectivity index (χ0) is 21.2. The lowest BCUT2D eigenvalue weighted by atomic mass is 10.1. The minimum atomic E-state index is -3.82. The normalized spacial score (nSPS) is 15.3. The third-order valence-corrected chi connectivity index (χ3v) is 5.82. The number of nitrogens with one attached hydrogen (secondary N) is 1. The molecule has 3 rings (SSSR count). The van der Waals surface area contributed by atoms with Gasteiger partial charge in [0.2, 0.25) is 15.9 Å². The first-order valence-corrected chi connectivity index (χ1v) is 11.0. The van der Waals surface area contributed by atoms with Crippen molar-refractivity contribution in [3.63, 3.8) is 0 Å². The van der Waals surface area contributed by atoms with Gasteiger partial charge in [0.1, 0.15) is 25.1 Å². The van der Waals surface area contributed by atoms with Gasteiger partial charge in [-0.25, -0.2) is 12.8 Å². The van der Waals surface area contributed by atoms with E-state index in [1.54, 1.807) is 19.1 Å². The molecule has 7 nitrogen and oxygen atoms in total. The molecular formula is C20H23FN2O5S. The molecule has 1 amide bonds. The highest BCUT2D eigenvalue weighted by Crippen LogP contribution is 2.32. The van der Waals surface area contributed by atoms with Gasteiger partial charge in [-0.15, -0.1) is 0 Å². The third kappa shape index (κ3) is 4.79. The van der Waals surface area contributed by atoms with Crippen molar-refractivity contribution in [2.75, 3.05) is 23.8 Å². The van der Waals surface area contributed by atoms with Crippen LogP contribution in [-0.2, 0) is 14.8 Å². The Kier molecular flexibility index (Phi) is 5.97. The number of nitrogens with zero attached hydrogens (tertiary/aromatic N) is 1. The second-order valence-corrected chi connectivity index (χ2v) is 8.71. The lowest BCUT2D eigenvalue weighted by Gasteiger charge is -2.29. The number of benzene rings is 2. The van der Waals surface area contributed by atoms with Gasteiger partial charge in [0.25, 0.3) is 0 Å². The molecule has 0 fully saturated rings. The minimum Gasteiger partial charge on any atom is -0.486 e. The molecule has 0 saturated heterocycles. The highest BCUT2D eigenvalue weighted by atomic mass is 32.2. The maximum Gasteiger partial charge on any atom is 0.244 e. The maximum absolute atomic E-state index is 13.6. The van der Waals surface area contributed by atoms with E-state index in [0.29, 0.717) is 24.7 Å². The van der Waals surface area contributed by atoms with Gasteiger partial charge in [0.15, 0.2) is 11.5 Å². The zero-order valence-corrected chi connectivity index (χ0v) is 17.2. The average Bonchev–Trinajstić information content (AvgIpc) is 2.66. The van der Waals surface area contributed by atoms with Crippen LogP contribution < -0.4 is 19.1 Å². The highest BCUT2D eigenvalue weighted by Gasteiger charge is 2.30. The van der Waals surface area contributed by atoms with Gasteiger partial charge >= 0.3 is 0 Å². The van der Waals surface area contributed by atoms with E-state index in [1.807, 2.05) is 6.07 Å². The molecule has 0 saturated carbocycles. The Bertz CT molecular complexity index is 1010. The number of anilines is 1. The van der Waals surface area contributed by atoms with Crippen molar-refractivity contribution >= 4 is 21.6 Å². The van der Waals surface area contributed by atoms with E-state index in [4.69, 9.17) is 9.47 Å². The van der Waals surface area contributed by atoms with Crippen molar-refractivity contribution in [1.82, 2.24) is 5.32 Å². The van der Waals surface area contributed by atoms with Crippen LogP contribution in [0.4, 0.5) is 10.1 Å². The van der Waals surface area contributed by atoms with E-state index < -0.39 is 33.8 Å². The van der Waals surface area contributed by atoms with Gasteiger partial charge in [-0.3, -0.25) is 9.10 Å². The summed E-state index contributed by atoms with van der Waals surface area (Å²) in [5.74, 6) is 0.136. The van der Waals surface area contributed by atoms with Crippen molar-refractivity contribution in [3.8, 4) is 11.5 Å². The molecule has 9 heteroatoms. The number of fused-ring (bicyclic) bond motifs is 1. The molecule has 2 atom stereocenters. The number of hydrogen-bond donors (Lipinski definition) is 1. The molecule has 1 aliphatic rings. The number of rotatable bonds is 6. The molecule has 0 radical (unpaired) electrons. The van der Waals surface area contributed by atoms with E-state index in [2.05, 4.69) is 5.32 Å². The summed E-state index contributed by atoms with van der Waals surface area (Å²) in [6.07, 6.45) is 0.978. The van der Waals surface area contributed by atoms with Gasteiger partial charge in [-0.2, -0.15) is 0 Å². The van der Waals surface area contributed by atoms with Crippen molar-refractivity contribution in [3.05, 3.63) is 53.8 Å². The van der Waals surface area contributed by atoms with Crippen LogP contribution in [-0.4, -0.2) is 39.8 Å². The van der Waals surface area contributed by atoms with E-state index >= 15 is 0 Å². The lowest BCUT2D eigenvalue weighted by molar-refractivity contribution is -0.122. The monoisotopic (exact) mass is 422 g/mol. The van der Waals surface area contributed by atoms with Crippen molar-refractivity contribution < 1.29 is 27.1 Å². The first kappa shape index (κ1) is 20.9. The largest absolute Gasteiger partial charge is 0.486 e. The average molecular weight is 422 g/mol. The van der Waals surface area contributed by atoms with Crippen molar-refractivity contribution in [1.29, 1.82) is 0 Å². The Labute approximate surface area is 169 Å². The Morgan fingerprint density at radius 2 is 1.79 bits per heavy atom. The van der Waals surface area contributed by atoms with Crippen molar-refractivity contribution in [2.45, 2.75) is 25.9 Å². The second-order valence-electron chi connectivity index (χ2n) is 6.85. The zero-order valence-electron chi connectivity index (χ0n) is 16.4. The van der Waals surface area contributed by atoms with Crippen LogP contribution >= 0.6 is 0 Å². The van der Waals surface area contributed by atoms with Crippen LogP contribution in [0.3, 0.4) is 0 Å². The predicted octanol–water partition coefficient (Wildman–Crippen LogP) is 2.63. The summed E-state index contributed by atoms with van der Waals surface area (Å²) in [4.78, 5) is 12.8. The Balaban J connectivity index is 1.79. The molecule has 156 valence electrons. The number of halogens is 1. The van der Waals surface area contributed by atoms with Gasteiger partial charge < -0.3 is 14.8 Å². The van der Waals surface area contributed by atoms with Crippen LogP contribution in [0.25, 0.3) is 0 Å². The fourth-order valence-corrected chi connectivity index (χ4v) is 4.34. The molecule has 29 heavy (non-hydrogen) atoms. The van der Waals surface area contributed by atoms with E-state index in [-0.39, 0.29) is 5.69 Å². The molecule has 1 N–H and O–H groups in total. The Morgan fingerprint density at radius 3 is 2.45 bits per heavy atom. The summed E-state index contributed by atoms with van der Waals surface area (Å²) in [7, 11) is -3.82. The quantitative estimate of drug-likeness (QED) is 0.774. The molecule has 0 bridgehead atoms. The molecule has 1 heterocycles. The number of amides is 1. The van der Waals surface area contributed by atoms with Gasteiger partial charge in [-0.05, 0) is 49.7 Å². The molecule has 0 aromatic heterocycles. The van der Waals surface area contributed by atoms with Crippen LogP contribution in [0.2, 0.25) is 0 Å². The van der Waals surface area contributed by atoms with Crippen LogP contribution in [0.1, 0.15) is 25.5 Å². The van der Waals surface area contributed by atoms with E-state index in [1.165, 1.54) is 25.1 Å². The van der Waals surface area contributed by atoms with Crippen LogP contribution in [0, 0.1) is 5.82 Å². The van der Waals surface area contributed by atoms with E-state index in [0.717, 1.165) is 22.2 Å². The van der Waals surface area contributed by atoms with Gasteiger partial charge in [-0.1, -0.05) is 12.1 Å². The standard InChI is InChI=1S/C20H23FN2O5S/c1-13(15-7-8-18-19(11-15)28-10-9-27-18)22-20(24)14(2)23(29(3,25)26)17-6-4-5-16(21)12-17/h4-8,11-14H,9-10H2,1-3H3,(H,22,24)/t13-,14+/m0/s1. The highest BCUT2D eigenvalue weighted by molar-refractivity contribution is 7.92. The van der Waals surface area contributed by atoms with E-state index in [9.17, 15) is 17.6 Å². The minimum absolute atomic E-state index is 0.0853. The smallest absolute Gasteiger partial charge is 0.244 e. The summed E-state index contributed by atoms with van der Waals surface area (Å²) in [5, 5.41) is 2.80. The predicted molar refractivity (Wildman–Crippen MR) is 107 cm³/mol. The molecular weight excluding hydrogens is 399 g/mol. The summed E-state index contributed by atoms with van der Waals surface area (Å²) in [6.45, 7) is 4.17. The topological polar surface area (TPSA) is 84.9 Å². The fourth-order valence-electron chi connectivity index (χ4n) is 3.17. The third-order valence-electron chi connectivity index (χ3n) is 4.58. The summed E-state index contributed by atoms with van der Waals surface area (Å²) in [6, 6.07) is 9.00. The molecule has 0 aliphatic carbocycles. The molecule has 2 aromatic carbocycles. The van der Waals surface area contributed by atoms with Crippen LogP contribution in [0.15, 0.2) is 42.5 Å². The summed E-state index contributed by atoms with van der Waals surface area (Å²) < 4.78 is 50.2. The lowest BCUT2D eigenvalue weighted by Crippen LogP contribution is -2.48. The first-order valence-electron chi connectivity index (χ1n) is 9.11. The summed E-state index contributed by atoms with van der Waals surface area (Å²) >= 11 is 0. The first-order chi connectivity index (χ1) is 13.7. The van der Waals surface area contributed by atoms with Crippen LogP contribution in [0.5, 0.6) is 11.5 Å². The number of hydrogen-bond acceptors (Lipinski definition) is 5. The number of ether oxygens (including phenoxy) is 2. The van der Waals surface area contributed by atoms with Gasteiger partial charge in [0.05, 0.1) is 18.0 Å². The molecule has 0 spiro atoms. The van der Waals surface area contributed by atoms with Crippen molar-refractivity contribution in [2.24, 2.45) is 0 Å². The fraction of sp³-hybridized carbons (Fsp3) is 0.350. The maximum atomic E-state index is 13.6. The number of carbonyl (C=O) groups excluding carboxylic acids is 1.